The highest BCUT2D eigenvalue weighted by Crippen LogP contribution is 2.38. The Balaban J connectivity index is 1.87. The van der Waals surface area contributed by atoms with Crippen LogP contribution in [0, 0.1) is 0 Å². The summed E-state index contributed by atoms with van der Waals surface area (Å²) in [4.78, 5) is 30.5. The Hall–Kier alpha value is -3.12. The smallest absolute Gasteiger partial charge is 0.290 e. The predicted molar refractivity (Wildman–Crippen MR) is 112 cm³/mol. The van der Waals surface area contributed by atoms with E-state index < -0.39 is 6.04 Å². The SMILES string of the molecule is COc1ccc2c(=O)c3c(oc2c1)C(=O)N(CCCN(C)C)C3c1ccccc1. The minimum atomic E-state index is -0.441. The van der Waals surface area contributed by atoms with Crippen LogP contribution in [-0.4, -0.2) is 50.0 Å². The van der Waals surface area contributed by atoms with E-state index in [1.807, 2.05) is 44.4 Å². The van der Waals surface area contributed by atoms with Gasteiger partial charge >= 0.3 is 0 Å². The van der Waals surface area contributed by atoms with Crippen molar-refractivity contribution in [2.24, 2.45) is 0 Å². The van der Waals surface area contributed by atoms with Crippen molar-refractivity contribution in [3.8, 4) is 5.75 Å². The molecular formula is C23H24N2O4. The number of ether oxygens (including phenoxy) is 1. The van der Waals surface area contributed by atoms with Gasteiger partial charge in [-0.05, 0) is 44.8 Å². The number of fused-ring (bicyclic) bond motifs is 2. The van der Waals surface area contributed by atoms with E-state index in [4.69, 9.17) is 9.15 Å². The summed E-state index contributed by atoms with van der Waals surface area (Å²) in [6.07, 6.45) is 0.803. The summed E-state index contributed by atoms with van der Waals surface area (Å²) in [5, 5.41) is 0.452. The van der Waals surface area contributed by atoms with E-state index in [1.54, 1.807) is 30.2 Å². The van der Waals surface area contributed by atoms with Crippen molar-refractivity contribution < 1.29 is 13.9 Å². The van der Waals surface area contributed by atoms with Crippen molar-refractivity contribution in [2.45, 2.75) is 12.5 Å². The second-order valence-electron chi connectivity index (χ2n) is 7.50. The van der Waals surface area contributed by atoms with Crippen LogP contribution in [0.15, 0.2) is 57.7 Å². The van der Waals surface area contributed by atoms with Gasteiger partial charge in [-0.1, -0.05) is 30.3 Å². The molecule has 1 aliphatic rings. The van der Waals surface area contributed by atoms with Crippen LogP contribution in [-0.2, 0) is 0 Å². The van der Waals surface area contributed by atoms with Gasteiger partial charge in [0.2, 0.25) is 5.76 Å². The average Bonchev–Trinajstić information content (AvgIpc) is 3.00. The van der Waals surface area contributed by atoms with E-state index in [-0.39, 0.29) is 17.1 Å². The van der Waals surface area contributed by atoms with Crippen LogP contribution < -0.4 is 10.2 Å². The zero-order chi connectivity index (χ0) is 20.5. The first-order valence-electron chi connectivity index (χ1n) is 9.66. The molecule has 1 atom stereocenters. The minimum absolute atomic E-state index is 0.134. The Morgan fingerprint density at radius 1 is 1.10 bits per heavy atom. The Labute approximate surface area is 169 Å². The summed E-state index contributed by atoms with van der Waals surface area (Å²) in [5.74, 6) is 0.470. The summed E-state index contributed by atoms with van der Waals surface area (Å²) in [7, 11) is 5.55. The van der Waals surface area contributed by atoms with E-state index >= 15 is 0 Å². The number of methoxy groups -OCH3 is 1. The predicted octanol–water partition coefficient (Wildman–Crippen LogP) is 3.30. The van der Waals surface area contributed by atoms with Crippen molar-refractivity contribution in [1.82, 2.24) is 9.80 Å². The average molecular weight is 392 g/mol. The van der Waals surface area contributed by atoms with Gasteiger partial charge in [-0.2, -0.15) is 0 Å². The number of benzene rings is 2. The lowest BCUT2D eigenvalue weighted by molar-refractivity contribution is 0.0722. The molecule has 1 aromatic heterocycles. The maximum Gasteiger partial charge on any atom is 0.290 e. The molecule has 1 unspecified atom stereocenters. The zero-order valence-electron chi connectivity index (χ0n) is 16.8. The van der Waals surface area contributed by atoms with Gasteiger partial charge in [0.25, 0.3) is 5.91 Å². The van der Waals surface area contributed by atoms with Gasteiger partial charge in [0, 0.05) is 12.6 Å². The van der Waals surface area contributed by atoms with Gasteiger partial charge in [-0.3, -0.25) is 9.59 Å². The summed E-state index contributed by atoms with van der Waals surface area (Å²) in [6, 6.07) is 14.3. The molecular weight excluding hydrogens is 368 g/mol. The van der Waals surface area contributed by atoms with Gasteiger partial charge in [-0.15, -0.1) is 0 Å². The first kappa shape index (κ1) is 19.2. The first-order chi connectivity index (χ1) is 14.0. The molecule has 4 rings (SSSR count). The van der Waals surface area contributed by atoms with Crippen molar-refractivity contribution in [3.63, 3.8) is 0 Å². The molecule has 2 aromatic carbocycles. The molecule has 0 radical (unpaired) electrons. The first-order valence-corrected chi connectivity index (χ1v) is 9.66. The molecule has 1 amide bonds. The third-order valence-electron chi connectivity index (χ3n) is 5.29. The molecule has 0 N–H and O–H groups in total. The second kappa shape index (κ2) is 7.72. The number of hydrogen-bond acceptors (Lipinski definition) is 5. The maximum atomic E-state index is 13.4. The third kappa shape index (κ3) is 3.40. The normalized spacial score (nSPS) is 15.9. The molecule has 2 heterocycles. The lowest BCUT2D eigenvalue weighted by Crippen LogP contribution is -2.32. The van der Waals surface area contributed by atoms with E-state index in [0.717, 1.165) is 18.5 Å². The van der Waals surface area contributed by atoms with Crippen LogP contribution in [0.4, 0.5) is 0 Å². The van der Waals surface area contributed by atoms with Gasteiger partial charge < -0.3 is 19.0 Å². The van der Waals surface area contributed by atoms with E-state index in [0.29, 0.717) is 28.8 Å². The lowest BCUT2D eigenvalue weighted by atomic mass is 9.98. The topological polar surface area (TPSA) is 63.0 Å². The number of carbonyl (C=O) groups excluding carboxylic acids is 1. The van der Waals surface area contributed by atoms with Gasteiger partial charge in [0.1, 0.15) is 11.3 Å². The molecule has 150 valence electrons. The summed E-state index contributed by atoms with van der Waals surface area (Å²) < 4.78 is 11.2. The largest absolute Gasteiger partial charge is 0.497 e. The fraction of sp³-hybridized carbons (Fsp3) is 0.304. The van der Waals surface area contributed by atoms with Crippen molar-refractivity contribution in [1.29, 1.82) is 0 Å². The summed E-state index contributed by atoms with van der Waals surface area (Å²) in [5.41, 5.74) is 1.53. The molecule has 0 spiro atoms. The fourth-order valence-corrected chi connectivity index (χ4v) is 3.90. The number of carbonyl (C=O) groups is 1. The van der Waals surface area contributed by atoms with Gasteiger partial charge in [0.05, 0.1) is 24.1 Å². The molecule has 0 bridgehead atoms. The van der Waals surface area contributed by atoms with Crippen LogP contribution in [0.5, 0.6) is 5.75 Å². The van der Waals surface area contributed by atoms with E-state index in [9.17, 15) is 9.59 Å². The Bertz CT molecular complexity index is 1110. The van der Waals surface area contributed by atoms with Gasteiger partial charge in [0.15, 0.2) is 5.43 Å². The highest BCUT2D eigenvalue weighted by Gasteiger charge is 2.42. The van der Waals surface area contributed by atoms with Crippen LogP contribution in [0.3, 0.4) is 0 Å². The Morgan fingerprint density at radius 2 is 1.86 bits per heavy atom. The molecule has 0 aliphatic carbocycles. The molecule has 3 aromatic rings. The van der Waals surface area contributed by atoms with Crippen LogP contribution in [0.2, 0.25) is 0 Å². The third-order valence-corrected chi connectivity index (χ3v) is 5.29. The highest BCUT2D eigenvalue weighted by molar-refractivity contribution is 5.99. The molecule has 0 fully saturated rings. The number of amides is 1. The standard InChI is InChI=1S/C23H24N2O4/c1-24(2)12-7-13-25-20(15-8-5-4-6-9-15)19-21(26)17-11-10-16(28-3)14-18(17)29-22(19)23(25)27/h4-6,8-11,14,20H,7,12-13H2,1-3H3. The van der Waals surface area contributed by atoms with E-state index in [2.05, 4.69) is 4.90 Å². The molecule has 0 saturated carbocycles. The maximum absolute atomic E-state index is 13.4. The van der Waals surface area contributed by atoms with Crippen LogP contribution in [0.1, 0.15) is 34.1 Å². The number of nitrogens with zero attached hydrogens (tertiary/aromatic N) is 2. The summed E-state index contributed by atoms with van der Waals surface area (Å²) in [6.45, 7) is 1.39. The number of hydrogen-bond donors (Lipinski definition) is 0. The Kier molecular flexibility index (Phi) is 5.11. The van der Waals surface area contributed by atoms with Crippen molar-refractivity contribution in [3.05, 3.63) is 75.6 Å². The monoisotopic (exact) mass is 392 g/mol. The second-order valence-corrected chi connectivity index (χ2v) is 7.50. The van der Waals surface area contributed by atoms with E-state index in [1.165, 1.54) is 0 Å². The quantitative estimate of drug-likeness (QED) is 0.644. The Morgan fingerprint density at radius 3 is 2.55 bits per heavy atom. The molecule has 6 heteroatoms. The lowest BCUT2D eigenvalue weighted by Gasteiger charge is -2.25. The number of rotatable bonds is 6. The minimum Gasteiger partial charge on any atom is -0.497 e. The fourth-order valence-electron chi connectivity index (χ4n) is 3.90. The highest BCUT2D eigenvalue weighted by atomic mass is 16.5. The molecule has 0 saturated heterocycles. The van der Waals surface area contributed by atoms with Crippen LogP contribution >= 0.6 is 0 Å². The molecule has 1 aliphatic heterocycles. The molecule has 29 heavy (non-hydrogen) atoms. The molecule has 6 nitrogen and oxygen atoms in total. The van der Waals surface area contributed by atoms with Crippen molar-refractivity contribution in [2.75, 3.05) is 34.3 Å². The van der Waals surface area contributed by atoms with Crippen LogP contribution in [0.25, 0.3) is 11.0 Å². The van der Waals surface area contributed by atoms with Crippen molar-refractivity contribution >= 4 is 16.9 Å². The zero-order valence-corrected chi connectivity index (χ0v) is 16.8. The summed E-state index contributed by atoms with van der Waals surface area (Å²) >= 11 is 0. The van der Waals surface area contributed by atoms with Gasteiger partial charge in [-0.25, -0.2) is 0 Å².